The number of cyclic esters (lactones) is 1. The monoisotopic (exact) mass is 323 g/mol. The van der Waals surface area contributed by atoms with Gasteiger partial charge in [-0.2, -0.15) is 0 Å². The fourth-order valence-corrected chi connectivity index (χ4v) is 2.98. The van der Waals surface area contributed by atoms with Crippen molar-refractivity contribution in [1.82, 2.24) is 4.90 Å². The molecule has 1 atom stereocenters. The van der Waals surface area contributed by atoms with Gasteiger partial charge in [0.25, 0.3) is 0 Å². The van der Waals surface area contributed by atoms with E-state index in [9.17, 15) is 9.18 Å². The van der Waals surface area contributed by atoms with E-state index in [4.69, 9.17) is 17.0 Å². The summed E-state index contributed by atoms with van der Waals surface area (Å²) in [4.78, 5) is 17.0. The number of benzene rings is 1. The number of carbonyl (C=O) groups excluding carboxylic acids is 1. The van der Waals surface area contributed by atoms with Crippen LogP contribution in [0.3, 0.4) is 0 Å². The summed E-state index contributed by atoms with van der Waals surface area (Å²) in [6, 6.07) is 4.77. The normalized spacial score (nSPS) is 21.8. The number of anilines is 2. The van der Waals surface area contributed by atoms with Gasteiger partial charge in [0.1, 0.15) is 11.9 Å². The predicted octanol–water partition coefficient (Wildman–Crippen LogP) is 2.60. The quantitative estimate of drug-likeness (QED) is 0.799. The van der Waals surface area contributed by atoms with Crippen LogP contribution in [0.15, 0.2) is 18.2 Å². The van der Waals surface area contributed by atoms with E-state index >= 15 is 0 Å². The summed E-state index contributed by atoms with van der Waals surface area (Å²) in [6.45, 7) is 3.85. The molecule has 1 aromatic rings. The average molecular weight is 323 g/mol. The van der Waals surface area contributed by atoms with Crippen LogP contribution in [0.4, 0.5) is 20.6 Å². The van der Waals surface area contributed by atoms with Crippen molar-refractivity contribution in [2.45, 2.75) is 19.4 Å². The standard InChI is InChI=1S/C15H18FN3O2S/c1-3-11-9-19(15(20)21-11)10-4-5-13(12(16)8-10)18-7-6-17(2)14(18)22/h4-5,8,11H,3,6-7,9H2,1-2H3. The maximum absolute atomic E-state index is 14.5. The summed E-state index contributed by atoms with van der Waals surface area (Å²) in [5.41, 5.74) is 0.957. The molecule has 0 N–H and O–H groups in total. The average Bonchev–Trinajstić information content (AvgIpc) is 3.03. The first-order valence-electron chi connectivity index (χ1n) is 7.31. The van der Waals surface area contributed by atoms with Gasteiger partial charge in [-0.25, -0.2) is 9.18 Å². The summed E-state index contributed by atoms with van der Waals surface area (Å²) in [5.74, 6) is -0.386. The summed E-state index contributed by atoms with van der Waals surface area (Å²) in [5, 5.41) is 0.610. The van der Waals surface area contributed by atoms with Crippen LogP contribution in [0.1, 0.15) is 13.3 Å². The van der Waals surface area contributed by atoms with E-state index in [0.29, 0.717) is 29.6 Å². The van der Waals surface area contributed by atoms with Gasteiger partial charge in [-0.05, 0) is 36.8 Å². The summed E-state index contributed by atoms with van der Waals surface area (Å²) >= 11 is 5.30. The molecule has 3 rings (SSSR count). The van der Waals surface area contributed by atoms with Crippen molar-refractivity contribution in [3.63, 3.8) is 0 Å². The fraction of sp³-hybridized carbons (Fsp3) is 0.467. The molecular weight excluding hydrogens is 305 g/mol. The maximum atomic E-state index is 14.5. The zero-order valence-corrected chi connectivity index (χ0v) is 13.4. The van der Waals surface area contributed by atoms with E-state index in [1.54, 1.807) is 17.0 Å². The first-order chi connectivity index (χ1) is 10.5. The number of halogens is 1. The van der Waals surface area contributed by atoms with E-state index < -0.39 is 6.09 Å². The highest BCUT2D eigenvalue weighted by molar-refractivity contribution is 7.80. The van der Waals surface area contributed by atoms with Crippen molar-refractivity contribution in [3.05, 3.63) is 24.0 Å². The fourth-order valence-electron chi connectivity index (χ4n) is 2.70. The largest absolute Gasteiger partial charge is 0.444 e. The molecule has 0 aromatic heterocycles. The molecule has 5 nitrogen and oxygen atoms in total. The Balaban J connectivity index is 1.84. The van der Waals surface area contributed by atoms with Crippen LogP contribution in [-0.2, 0) is 4.74 Å². The van der Waals surface area contributed by atoms with Gasteiger partial charge in [-0.3, -0.25) is 4.90 Å². The third-order valence-corrected chi connectivity index (χ3v) is 4.61. The lowest BCUT2D eigenvalue weighted by atomic mass is 10.2. The lowest BCUT2D eigenvalue weighted by Gasteiger charge is -2.21. The lowest BCUT2D eigenvalue weighted by molar-refractivity contribution is 0.139. The van der Waals surface area contributed by atoms with E-state index in [2.05, 4.69) is 0 Å². The zero-order valence-electron chi connectivity index (χ0n) is 12.6. The van der Waals surface area contributed by atoms with Crippen LogP contribution in [0.25, 0.3) is 0 Å². The molecule has 2 aliphatic rings. The molecule has 0 radical (unpaired) electrons. The van der Waals surface area contributed by atoms with E-state index in [1.165, 1.54) is 11.0 Å². The lowest BCUT2D eigenvalue weighted by Crippen LogP contribution is -2.30. The van der Waals surface area contributed by atoms with Crippen LogP contribution < -0.4 is 9.80 Å². The SMILES string of the molecule is CCC1CN(c2ccc(N3CCN(C)C3=S)c(F)c2)C(=O)O1. The molecule has 118 valence electrons. The van der Waals surface area contributed by atoms with E-state index in [-0.39, 0.29) is 11.9 Å². The van der Waals surface area contributed by atoms with Crippen LogP contribution in [0.5, 0.6) is 0 Å². The minimum atomic E-state index is -0.421. The Kier molecular flexibility index (Phi) is 3.90. The Hall–Kier alpha value is -1.89. The van der Waals surface area contributed by atoms with Gasteiger partial charge in [-0.1, -0.05) is 6.92 Å². The molecule has 2 heterocycles. The number of nitrogens with zero attached hydrogens (tertiary/aromatic N) is 3. The van der Waals surface area contributed by atoms with E-state index in [0.717, 1.165) is 13.0 Å². The minimum Gasteiger partial charge on any atom is -0.444 e. The van der Waals surface area contributed by atoms with Crippen LogP contribution >= 0.6 is 12.2 Å². The van der Waals surface area contributed by atoms with Crippen molar-refractivity contribution < 1.29 is 13.9 Å². The summed E-state index contributed by atoms with van der Waals surface area (Å²) in [6.07, 6.45) is 0.197. The maximum Gasteiger partial charge on any atom is 0.414 e. The third-order valence-electron chi connectivity index (χ3n) is 4.08. The van der Waals surface area contributed by atoms with Crippen LogP contribution in [0, 0.1) is 5.82 Å². The number of thiocarbonyl (C=S) groups is 1. The number of hydrogen-bond donors (Lipinski definition) is 0. The number of carbonyl (C=O) groups is 1. The van der Waals surface area contributed by atoms with Gasteiger partial charge in [0.15, 0.2) is 5.11 Å². The molecule has 1 aromatic carbocycles. The Morgan fingerprint density at radius 3 is 2.68 bits per heavy atom. The summed E-state index contributed by atoms with van der Waals surface area (Å²) < 4.78 is 19.7. The molecular formula is C15H18FN3O2S. The van der Waals surface area contributed by atoms with Gasteiger partial charge >= 0.3 is 6.09 Å². The van der Waals surface area contributed by atoms with Gasteiger partial charge in [0.05, 0.1) is 17.9 Å². The van der Waals surface area contributed by atoms with E-state index in [1.807, 2.05) is 18.9 Å². The molecule has 22 heavy (non-hydrogen) atoms. The number of likely N-dealkylation sites (N-methyl/N-ethyl adjacent to an activating group) is 1. The van der Waals surface area contributed by atoms with Crippen molar-refractivity contribution in [1.29, 1.82) is 0 Å². The molecule has 7 heteroatoms. The molecule has 0 saturated carbocycles. The van der Waals surface area contributed by atoms with Crippen molar-refractivity contribution in [2.24, 2.45) is 0 Å². The second-order valence-corrected chi connectivity index (χ2v) is 5.88. The van der Waals surface area contributed by atoms with Gasteiger partial charge in [0, 0.05) is 20.1 Å². The third kappa shape index (κ3) is 2.49. The zero-order chi connectivity index (χ0) is 15.9. The van der Waals surface area contributed by atoms with Gasteiger partial charge < -0.3 is 14.5 Å². The van der Waals surface area contributed by atoms with Gasteiger partial charge in [-0.15, -0.1) is 0 Å². The number of rotatable bonds is 3. The topological polar surface area (TPSA) is 36.0 Å². The Morgan fingerprint density at radius 2 is 2.14 bits per heavy atom. The molecule has 0 aliphatic carbocycles. The van der Waals surface area contributed by atoms with Crippen molar-refractivity contribution in [3.8, 4) is 0 Å². The smallest absolute Gasteiger partial charge is 0.414 e. The molecule has 1 amide bonds. The number of hydrogen-bond acceptors (Lipinski definition) is 3. The first kappa shape index (κ1) is 15.0. The molecule has 0 spiro atoms. The molecule has 2 aliphatic heterocycles. The molecule has 0 bridgehead atoms. The molecule has 1 unspecified atom stereocenters. The highest BCUT2D eigenvalue weighted by Gasteiger charge is 2.32. The summed E-state index contributed by atoms with van der Waals surface area (Å²) in [7, 11) is 1.89. The number of amides is 1. The van der Waals surface area contributed by atoms with Crippen LogP contribution in [-0.4, -0.2) is 48.9 Å². The second kappa shape index (κ2) is 5.72. The second-order valence-electron chi connectivity index (χ2n) is 5.52. The molecule has 2 saturated heterocycles. The Morgan fingerprint density at radius 1 is 1.36 bits per heavy atom. The highest BCUT2D eigenvalue weighted by atomic mass is 32.1. The first-order valence-corrected chi connectivity index (χ1v) is 7.72. The van der Waals surface area contributed by atoms with Crippen LogP contribution in [0.2, 0.25) is 0 Å². The van der Waals surface area contributed by atoms with Gasteiger partial charge in [0.2, 0.25) is 0 Å². The van der Waals surface area contributed by atoms with Crippen molar-refractivity contribution in [2.75, 3.05) is 36.5 Å². The Bertz CT molecular complexity index is 625. The van der Waals surface area contributed by atoms with Crippen molar-refractivity contribution >= 4 is 34.8 Å². The minimum absolute atomic E-state index is 0.130. The number of ether oxygens (including phenoxy) is 1. The highest BCUT2D eigenvalue weighted by Crippen LogP contribution is 2.29. The molecule has 2 fully saturated rings. The predicted molar refractivity (Wildman–Crippen MR) is 86.9 cm³/mol. The Labute approximate surface area is 134 Å².